The molecule has 0 aliphatic rings. The van der Waals surface area contributed by atoms with E-state index in [-0.39, 0.29) is 0 Å². The number of aromatic nitrogens is 3. The lowest BCUT2D eigenvalue weighted by molar-refractivity contribution is 0.877. The van der Waals surface area contributed by atoms with Crippen LogP contribution < -0.4 is 0 Å². The molecule has 0 fully saturated rings. The number of benzene rings is 1. The fourth-order valence-electron chi connectivity index (χ4n) is 1.23. The Morgan fingerprint density at radius 3 is 2.27 bits per heavy atom. The fraction of sp³-hybridized carbons (Fsp3) is 0.333. The van der Waals surface area contributed by atoms with Crippen molar-refractivity contribution in [3.05, 3.63) is 42.5 Å². The molecule has 1 aromatic carbocycles. The van der Waals surface area contributed by atoms with Crippen LogP contribution in [0.4, 0.5) is 0 Å². The third-order valence-electron chi connectivity index (χ3n) is 2.03. The van der Waals surface area contributed by atoms with E-state index in [4.69, 9.17) is 0 Å². The Morgan fingerprint density at radius 2 is 1.80 bits per heavy atom. The van der Waals surface area contributed by atoms with Crippen molar-refractivity contribution in [1.82, 2.24) is 14.8 Å². The van der Waals surface area contributed by atoms with Gasteiger partial charge in [0.15, 0.2) is 0 Å². The fourth-order valence-corrected chi connectivity index (χ4v) is 1.23. The lowest BCUT2D eigenvalue weighted by Crippen LogP contribution is -1.93. The van der Waals surface area contributed by atoms with E-state index in [1.165, 1.54) is 11.9 Å². The largest absolute Gasteiger partial charge is 0.223 e. The minimum absolute atomic E-state index is 1.05. The molecule has 1 aromatic heterocycles. The molecule has 3 nitrogen and oxygen atoms in total. The summed E-state index contributed by atoms with van der Waals surface area (Å²) in [6.45, 7) is 6.14. The van der Waals surface area contributed by atoms with Gasteiger partial charge in [-0.15, -0.1) is 0 Å². The molecule has 0 atom stereocenters. The predicted molar refractivity (Wildman–Crippen MR) is 62.1 cm³/mol. The first kappa shape index (κ1) is 11.4. The van der Waals surface area contributed by atoms with Gasteiger partial charge in [-0.05, 0) is 24.1 Å². The minimum atomic E-state index is 1.05. The van der Waals surface area contributed by atoms with Crippen LogP contribution in [0.15, 0.2) is 36.9 Å². The average molecular weight is 203 g/mol. The second-order valence-corrected chi connectivity index (χ2v) is 2.86. The van der Waals surface area contributed by atoms with Crippen molar-refractivity contribution in [2.75, 3.05) is 0 Å². The summed E-state index contributed by atoms with van der Waals surface area (Å²) in [6, 6.07) is 8.31. The molecule has 80 valence electrons. The lowest BCUT2D eigenvalue weighted by Gasteiger charge is -2.00. The minimum Gasteiger partial charge on any atom is -0.223 e. The highest BCUT2D eigenvalue weighted by Gasteiger charge is 1.95. The SMILES string of the molecule is CC.CCc1ccc(-n2cncn2)cc1. The van der Waals surface area contributed by atoms with E-state index in [2.05, 4.69) is 29.1 Å². The molecule has 0 amide bonds. The van der Waals surface area contributed by atoms with E-state index in [1.807, 2.05) is 26.0 Å². The first-order valence-electron chi connectivity index (χ1n) is 5.34. The molecule has 0 aliphatic carbocycles. The normalized spacial score (nSPS) is 9.27. The van der Waals surface area contributed by atoms with Crippen molar-refractivity contribution >= 4 is 0 Å². The zero-order valence-electron chi connectivity index (χ0n) is 9.51. The predicted octanol–water partition coefficient (Wildman–Crippen LogP) is 2.86. The van der Waals surface area contributed by atoms with Crippen LogP contribution in [0.2, 0.25) is 0 Å². The maximum absolute atomic E-state index is 4.05. The Labute approximate surface area is 90.8 Å². The van der Waals surface area contributed by atoms with Crippen molar-refractivity contribution < 1.29 is 0 Å². The molecule has 2 aromatic rings. The monoisotopic (exact) mass is 203 g/mol. The van der Waals surface area contributed by atoms with Gasteiger partial charge in [0.2, 0.25) is 0 Å². The standard InChI is InChI=1S/C10H11N3.C2H6/c1-2-9-3-5-10(6-4-9)13-8-11-7-12-13;1-2/h3-8H,2H2,1H3;1-2H3. The third kappa shape index (κ3) is 2.91. The van der Waals surface area contributed by atoms with Crippen LogP contribution in [-0.4, -0.2) is 14.8 Å². The van der Waals surface area contributed by atoms with Crippen molar-refractivity contribution in [2.45, 2.75) is 27.2 Å². The van der Waals surface area contributed by atoms with E-state index in [9.17, 15) is 0 Å². The van der Waals surface area contributed by atoms with Crippen LogP contribution in [0.25, 0.3) is 5.69 Å². The summed E-state index contributed by atoms with van der Waals surface area (Å²) in [5.41, 5.74) is 2.39. The molecule has 0 radical (unpaired) electrons. The molecular weight excluding hydrogens is 186 g/mol. The maximum Gasteiger partial charge on any atom is 0.138 e. The summed E-state index contributed by atoms with van der Waals surface area (Å²) < 4.78 is 1.75. The Morgan fingerprint density at radius 1 is 1.13 bits per heavy atom. The molecule has 15 heavy (non-hydrogen) atoms. The quantitative estimate of drug-likeness (QED) is 0.751. The summed E-state index contributed by atoms with van der Waals surface area (Å²) >= 11 is 0. The Bertz CT molecular complexity index is 362. The Hall–Kier alpha value is -1.64. The van der Waals surface area contributed by atoms with Gasteiger partial charge < -0.3 is 0 Å². The van der Waals surface area contributed by atoms with Crippen molar-refractivity contribution in [3.8, 4) is 5.69 Å². The lowest BCUT2D eigenvalue weighted by atomic mass is 10.1. The van der Waals surface area contributed by atoms with Gasteiger partial charge in [0.05, 0.1) is 5.69 Å². The van der Waals surface area contributed by atoms with Gasteiger partial charge in [-0.2, -0.15) is 5.10 Å². The molecule has 0 N–H and O–H groups in total. The van der Waals surface area contributed by atoms with Gasteiger partial charge >= 0.3 is 0 Å². The zero-order chi connectivity index (χ0) is 11.1. The molecule has 0 unspecified atom stereocenters. The van der Waals surface area contributed by atoms with Gasteiger partial charge in [-0.3, -0.25) is 0 Å². The van der Waals surface area contributed by atoms with Crippen LogP contribution in [0.1, 0.15) is 26.3 Å². The summed E-state index contributed by atoms with van der Waals surface area (Å²) in [5, 5.41) is 4.05. The van der Waals surface area contributed by atoms with Crippen LogP contribution in [0, 0.1) is 0 Å². The highest BCUT2D eigenvalue weighted by molar-refractivity contribution is 5.33. The number of rotatable bonds is 2. The average Bonchev–Trinajstić information content (AvgIpc) is 2.85. The van der Waals surface area contributed by atoms with Crippen molar-refractivity contribution in [2.24, 2.45) is 0 Å². The molecule has 3 heteroatoms. The molecule has 0 saturated heterocycles. The van der Waals surface area contributed by atoms with Gasteiger partial charge in [-0.25, -0.2) is 9.67 Å². The second-order valence-electron chi connectivity index (χ2n) is 2.86. The molecule has 0 spiro atoms. The van der Waals surface area contributed by atoms with E-state index >= 15 is 0 Å². The van der Waals surface area contributed by atoms with Gasteiger partial charge in [0.25, 0.3) is 0 Å². The zero-order valence-corrected chi connectivity index (χ0v) is 9.51. The van der Waals surface area contributed by atoms with Crippen LogP contribution >= 0.6 is 0 Å². The van der Waals surface area contributed by atoms with Crippen molar-refractivity contribution in [1.29, 1.82) is 0 Å². The van der Waals surface area contributed by atoms with E-state index in [0.29, 0.717) is 0 Å². The number of hydrogen-bond donors (Lipinski definition) is 0. The van der Waals surface area contributed by atoms with Gasteiger partial charge in [-0.1, -0.05) is 32.9 Å². The highest BCUT2D eigenvalue weighted by Crippen LogP contribution is 2.07. The third-order valence-corrected chi connectivity index (χ3v) is 2.03. The Balaban J connectivity index is 0.000000531. The van der Waals surface area contributed by atoms with Gasteiger partial charge in [0.1, 0.15) is 12.7 Å². The molecule has 1 heterocycles. The first-order chi connectivity index (χ1) is 7.40. The molecule has 0 saturated carbocycles. The number of hydrogen-bond acceptors (Lipinski definition) is 2. The highest BCUT2D eigenvalue weighted by atomic mass is 15.3. The topological polar surface area (TPSA) is 30.7 Å². The number of aryl methyl sites for hydroxylation is 1. The van der Waals surface area contributed by atoms with Crippen LogP contribution in [-0.2, 0) is 6.42 Å². The first-order valence-corrected chi connectivity index (χ1v) is 5.34. The van der Waals surface area contributed by atoms with Gasteiger partial charge in [0, 0.05) is 0 Å². The summed E-state index contributed by atoms with van der Waals surface area (Å²) in [4.78, 5) is 3.89. The molecule has 0 bridgehead atoms. The van der Waals surface area contributed by atoms with E-state index in [0.717, 1.165) is 12.1 Å². The van der Waals surface area contributed by atoms with Crippen LogP contribution in [0.5, 0.6) is 0 Å². The summed E-state index contributed by atoms with van der Waals surface area (Å²) in [5.74, 6) is 0. The maximum atomic E-state index is 4.05. The Kier molecular flexibility index (Phi) is 4.54. The molecular formula is C12H17N3. The van der Waals surface area contributed by atoms with Crippen LogP contribution in [0.3, 0.4) is 0 Å². The van der Waals surface area contributed by atoms with Crippen molar-refractivity contribution in [3.63, 3.8) is 0 Å². The van der Waals surface area contributed by atoms with E-state index < -0.39 is 0 Å². The summed E-state index contributed by atoms with van der Waals surface area (Å²) in [7, 11) is 0. The molecule has 2 rings (SSSR count). The smallest absolute Gasteiger partial charge is 0.138 e. The number of nitrogens with zero attached hydrogens (tertiary/aromatic N) is 3. The summed E-state index contributed by atoms with van der Waals surface area (Å²) in [6.07, 6.45) is 4.30. The second kappa shape index (κ2) is 5.96. The molecule has 0 aliphatic heterocycles. The van der Waals surface area contributed by atoms with E-state index in [1.54, 1.807) is 11.0 Å².